The molecule has 0 N–H and O–H groups in total. The third kappa shape index (κ3) is 1.30. The molecule has 12 heavy (non-hydrogen) atoms. The fraction of sp³-hybridized carbons (Fsp3) is 0.800. The van der Waals surface area contributed by atoms with Crippen LogP contribution in [0, 0.1) is 17.3 Å². The molecule has 1 saturated carbocycles. The average molecular weight is 168 g/mol. The molecule has 2 atom stereocenters. The van der Waals surface area contributed by atoms with Gasteiger partial charge in [0.1, 0.15) is 11.6 Å². The van der Waals surface area contributed by atoms with Gasteiger partial charge in [0.2, 0.25) is 0 Å². The van der Waals surface area contributed by atoms with E-state index < -0.39 is 0 Å². The van der Waals surface area contributed by atoms with Gasteiger partial charge in [0.25, 0.3) is 0 Å². The smallest absolute Gasteiger partial charge is 0.139 e. The van der Waals surface area contributed by atoms with Crippen molar-refractivity contribution in [3.63, 3.8) is 0 Å². The van der Waals surface area contributed by atoms with Gasteiger partial charge in [-0.25, -0.2) is 0 Å². The summed E-state index contributed by atoms with van der Waals surface area (Å²) < 4.78 is 0. The molecular formula is C10H16O2. The van der Waals surface area contributed by atoms with E-state index >= 15 is 0 Å². The number of ketones is 2. The summed E-state index contributed by atoms with van der Waals surface area (Å²) in [6.45, 7) is 7.25. The predicted molar refractivity (Wildman–Crippen MR) is 46.7 cm³/mol. The molecule has 0 spiro atoms. The second-order valence-electron chi connectivity index (χ2n) is 4.29. The van der Waals surface area contributed by atoms with Gasteiger partial charge in [-0.15, -0.1) is 0 Å². The van der Waals surface area contributed by atoms with Crippen LogP contribution in [-0.4, -0.2) is 11.6 Å². The summed E-state index contributed by atoms with van der Waals surface area (Å²) >= 11 is 0. The van der Waals surface area contributed by atoms with E-state index in [4.69, 9.17) is 0 Å². The molecular weight excluding hydrogens is 152 g/mol. The van der Waals surface area contributed by atoms with Crippen molar-refractivity contribution in [2.75, 3.05) is 0 Å². The van der Waals surface area contributed by atoms with Gasteiger partial charge in [0.05, 0.1) is 0 Å². The van der Waals surface area contributed by atoms with Crippen LogP contribution in [0.5, 0.6) is 0 Å². The van der Waals surface area contributed by atoms with Crippen molar-refractivity contribution in [1.82, 2.24) is 0 Å². The van der Waals surface area contributed by atoms with E-state index in [0.29, 0.717) is 0 Å². The predicted octanol–water partition coefficient (Wildman–Crippen LogP) is 1.83. The quantitative estimate of drug-likeness (QED) is 0.644. The summed E-state index contributed by atoms with van der Waals surface area (Å²) in [4.78, 5) is 22.6. The van der Waals surface area contributed by atoms with E-state index in [1.165, 1.54) is 0 Å². The first-order valence-electron chi connectivity index (χ1n) is 4.44. The SMILES string of the molecule is CC(=O)C1(C)CC1C(=O)C(C)C. The summed E-state index contributed by atoms with van der Waals surface area (Å²) in [6, 6.07) is 0. The van der Waals surface area contributed by atoms with Crippen LogP contribution in [0.3, 0.4) is 0 Å². The van der Waals surface area contributed by atoms with Crippen molar-refractivity contribution in [2.24, 2.45) is 17.3 Å². The third-order valence-electron chi connectivity index (χ3n) is 2.95. The zero-order chi connectivity index (χ0) is 9.52. The first kappa shape index (κ1) is 9.43. The highest BCUT2D eigenvalue weighted by molar-refractivity contribution is 5.97. The second-order valence-corrected chi connectivity index (χ2v) is 4.29. The van der Waals surface area contributed by atoms with Crippen LogP contribution in [0.1, 0.15) is 34.1 Å². The zero-order valence-electron chi connectivity index (χ0n) is 8.18. The number of carbonyl (C=O) groups is 2. The van der Waals surface area contributed by atoms with E-state index in [9.17, 15) is 9.59 Å². The molecule has 1 aliphatic rings. The highest BCUT2D eigenvalue weighted by Crippen LogP contribution is 2.54. The van der Waals surface area contributed by atoms with Crippen LogP contribution in [0.2, 0.25) is 0 Å². The fourth-order valence-electron chi connectivity index (χ4n) is 1.57. The van der Waals surface area contributed by atoms with E-state index in [0.717, 1.165) is 6.42 Å². The second kappa shape index (κ2) is 2.68. The molecule has 2 heteroatoms. The Morgan fingerprint density at radius 3 is 2.17 bits per heavy atom. The molecule has 2 nitrogen and oxygen atoms in total. The zero-order valence-corrected chi connectivity index (χ0v) is 8.18. The largest absolute Gasteiger partial charge is 0.299 e. The van der Waals surface area contributed by atoms with Crippen molar-refractivity contribution in [2.45, 2.75) is 34.1 Å². The van der Waals surface area contributed by atoms with Crippen molar-refractivity contribution in [3.8, 4) is 0 Å². The molecule has 0 aromatic heterocycles. The first-order valence-corrected chi connectivity index (χ1v) is 4.44. The Morgan fingerprint density at radius 2 is 1.92 bits per heavy atom. The molecule has 1 aliphatic carbocycles. The number of hydrogen-bond donors (Lipinski definition) is 0. The number of rotatable bonds is 3. The maximum absolute atomic E-state index is 11.5. The van der Waals surface area contributed by atoms with Crippen LogP contribution < -0.4 is 0 Å². The molecule has 0 aliphatic heterocycles. The Morgan fingerprint density at radius 1 is 1.42 bits per heavy atom. The molecule has 0 saturated heterocycles. The molecule has 0 amide bonds. The van der Waals surface area contributed by atoms with Crippen molar-refractivity contribution >= 4 is 11.6 Å². The van der Waals surface area contributed by atoms with Gasteiger partial charge < -0.3 is 0 Å². The lowest BCUT2D eigenvalue weighted by atomic mass is 9.95. The first-order chi connectivity index (χ1) is 5.39. The van der Waals surface area contributed by atoms with Crippen molar-refractivity contribution in [1.29, 1.82) is 0 Å². The van der Waals surface area contributed by atoms with E-state index in [1.807, 2.05) is 20.8 Å². The maximum atomic E-state index is 11.5. The van der Waals surface area contributed by atoms with Crippen LogP contribution >= 0.6 is 0 Å². The Labute approximate surface area is 73.3 Å². The topological polar surface area (TPSA) is 34.1 Å². The molecule has 68 valence electrons. The molecule has 0 bridgehead atoms. The van der Waals surface area contributed by atoms with Crippen LogP contribution in [-0.2, 0) is 9.59 Å². The fourth-order valence-corrected chi connectivity index (χ4v) is 1.57. The molecule has 2 unspecified atom stereocenters. The molecule has 0 aromatic rings. The van der Waals surface area contributed by atoms with Gasteiger partial charge in [-0.05, 0) is 13.3 Å². The van der Waals surface area contributed by atoms with Crippen LogP contribution in [0.25, 0.3) is 0 Å². The van der Waals surface area contributed by atoms with E-state index in [-0.39, 0.29) is 28.8 Å². The summed E-state index contributed by atoms with van der Waals surface area (Å²) in [5, 5.41) is 0. The lowest BCUT2D eigenvalue weighted by Crippen LogP contribution is -2.18. The number of carbonyl (C=O) groups excluding carboxylic acids is 2. The van der Waals surface area contributed by atoms with E-state index in [1.54, 1.807) is 6.92 Å². The van der Waals surface area contributed by atoms with Gasteiger partial charge in [0.15, 0.2) is 0 Å². The lowest BCUT2D eigenvalue weighted by molar-refractivity contribution is -0.128. The Bertz CT molecular complexity index is 230. The minimum Gasteiger partial charge on any atom is -0.299 e. The maximum Gasteiger partial charge on any atom is 0.139 e. The molecule has 0 aromatic carbocycles. The number of hydrogen-bond acceptors (Lipinski definition) is 2. The highest BCUT2D eigenvalue weighted by Gasteiger charge is 2.57. The van der Waals surface area contributed by atoms with Gasteiger partial charge in [-0.2, -0.15) is 0 Å². The van der Waals surface area contributed by atoms with Crippen molar-refractivity contribution in [3.05, 3.63) is 0 Å². The van der Waals surface area contributed by atoms with Crippen LogP contribution in [0.15, 0.2) is 0 Å². The summed E-state index contributed by atoms with van der Waals surface area (Å²) in [5.74, 6) is 0.473. The van der Waals surface area contributed by atoms with Gasteiger partial charge in [-0.3, -0.25) is 9.59 Å². The van der Waals surface area contributed by atoms with Gasteiger partial charge >= 0.3 is 0 Å². The average Bonchev–Trinajstić information content (AvgIpc) is 2.62. The Kier molecular flexibility index (Phi) is 2.11. The third-order valence-corrected chi connectivity index (χ3v) is 2.95. The molecule has 0 heterocycles. The Hall–Kier alpha value is -0.660. The summed E-state index contributed by atoms with van der Waals surface area (Å²) in [7, 11) is 0. The molecule has 0 radical (unpaired) electrons. The minimum atomic E-state index is -0.318. The highest BCUT2D eigenvalue weighted by atomic mass is 16.1. The van der Waals surface area contributed by atoms with Crippen molar-refractivity contribution < 1.29 is 9.59 Å². The summed E-state index contributed by atoms with van der Waals surface area (Å²) in [5.41, 5.74) is -0.318. The monoisotopic (exact) mass is 168 g/mol. The standard InChI is InChI=1S/C10H16O2/c1-6(2)9(12)8-5-10(8,4)7(3)11/h6,8H,5H2,1-4H3. The lowest BCUT2D eigenvalue weighted by Gasteiger charge is -2.07. The normalized spacial score (nSPS) is 33.6. The molecule has 1 fully saturated rings. The molecule has 1 rings (SSSR count). The van der Waals surface area contributed by atoms with Crippen LogP contribution in [0.4, 0.5) is 0 Å². The number of Topliss-reactive ketones (excluding diaryl/α,β-unsaturated/α-hetero) is 2. The minimum absolute atomic E-state index is 0.00926. The Balaban J connectivity index is 2.63. The van der Waals surface area contributed by atoms with Gasteiger partial charge in [-0.1, -0.05) is 20.8 Å². The summed E-state index contributed by atoms with van der Waals surface area (Å²) in [6.07, 6.45) is 0.763. The van der Waals surface area contributed by atoms with E-state index in [2.05, 4.69) is 0 Å². The van der Waals surface area contributed by atoms with Gasteiger partial charge in [0, 0.05) is 17.3 Å².